The minimum absolute atomic E-state index is 0.0602. The zero-order chi connectivity index (χ0) is 16.9. The average molecular weight is 342 g/mol. The van der Waals surface area contributed by atoms with Gasteiger partial charge < -0.3 is 15.5 Å². The molecule has 23 heavy (non-hydrogen) atoms. The van der Waals surface area contributed by atoms with Crippen LogP contribution in [0.2, 0.25) is 0 Å². The van der Waals surface area contributed by atoms with E-state index in [0.29, 0.717) is 0 Å². The van der Waals surface area contributed by atoms with Crippen LogP contribution in [0.4, 0.5) is 5.69 Å². The first kappa shape index (κ1) is 17.7. The Kier molecular flexibility index (Phi) is 5.97. The van der Waals surface area contributed by atoms with Crippen molar-refractivity contribution in [1.82, 2.24) is 4.72 Å². The number of carbonyl (C=O) groups is 1. The summed E-state index contributed by atoms with van der Waals surface area (Å²) in [7, 11) is -3.74. The van der Waals surface area contributed by atoms with Gasteiger partial charge in [-0.05, 0) is 31.0 Å². The van der Waals surface area contributed by atoms with Crippen LogP contribution in [0, 0.1) is 0 Å². The van der Waals surface area contributed by atoms with Gasteiger partial charge in [-0.2, -0.15) is 0 Å². The highest BCUT2D eigenvalue weighted by molar-refractivity contribution is 7.89. The molecule has 2 rings (SSSR count). The van der Waals surface area contributed by atoms with Crippen molar-refractivity contribution < 1.29 is 23.4 Å². The highest BCUT2D eigenvalue weighted by Crippen LogP contribution is 2.23. The Morgan fingerprint density at radius 3 is 2.52 bits per heavy atom. The fourth-order valence-electron chi connectivity index (χ4n) is 2.72. The highest BCUT2D eigenvalue weighted by atomic mass is 32.2. The Hall–Kier alpha value is -1.64. The number of hydrogen-bond acceptors (Lipinski definition) is 5. The summed E-state index contributed by atoms with van der Waals surface area (Å²) in [6.45, 7) is 0.0368. The van der Waals surface area contributed by atoms with Crippen LogP contribution in [0.1, 0.15) is 42.5 Å². The molecule has 8 heteroatoms. The van der Waals surface area contributed by atoms with Gasteiger partial charge in [0, 0.05) is 18.3 Å². The van der Waals surface area contributed by atoms with E-state index in [1.165, 1.54) is 12.1 Å². The van der Waals surface area contributed by atoms with Crippen molar-refractivity contribution in [3.05, 3.63) is 23.8 Å². The molecule has 1 aromatic rings. The molecule has 0 aliphatic heterocycles. The van der Waals surface area contributed by atoms with E-state index >= 15 is 0 Å². The largest absolute Gasteiger partial charge is 0.478 e. The molecular formula is C15H22N2O5S. The number of aliphatic hydroxyl groups is 1. The zero-order valence-electron chi connectivity index (χ0n) is 12.8. The topological polar surface area (TPSA) is 116 Å². The van der Waals surface area contributed by atoms with E-state index < -0.39 is 16.0 Å². The van der Waals surface area contributed by atoms with E-state index in [4.69, 9.17) is 5.11 Å². The first-order chi connectivity index (χ1) is 10.9. The summed E-state index contributed by atoms with van der Waals surface area (Å²) in [4.78, 5) is 11.3. The van der Waals surface area contributed by atoms with Gasteiger partial charge in [-0.15, -0.1) is 0 Å². The molecule has 0 aromatic heterocycles. The number of carboxylic acid groups (broad SMARTS) is 1. The van der Waals surface area contributed by atoms with Crippen LogP contribution in [0.15, 0.2) is 23.1 Å². The van der Waals surface area contributed by atoms with Crippen molar-refractivity contribution in [3.63, 3.8) is 0 Å². The number of aliphatic hydroxyl groups excluding tert-OH is 1. The van der Waals surface area contributed by atoms with Crippen LogP contribution < -0.4 is 10.0 Å². The number of aromatic carboxylic acids is 1. The van der Waals surface area contributed by atoms with E-state index in [1.807, 2.05) is 0 Å². The van der Waals surface area contributed by atoms with Crippen LogP contribution in [0.25, 0.3) is 0 Å². The Morgan fingerprint density at radius 2 is 1.91 bits per heavy atom. The minimum atomic E-state index is -3.74. The fourth-order valence-corrected chi connectivity index (χ4v) is 4.05. The number of hydrogen-bond donors (Lipinski definition) is 4. The van der Waals surface area contributed by atoms with Crippen molar-refractivity contribution in [3.8, 4) is 0 Å². The fraction of sp³-hybridized carbons (Fsp3) is 0.533. The molecule has 7 nitrogen and oxygen atoms in total. The van der Waals surface area contributed by atoms with Gasteiger partial charge in [0.2, 0.25) is 10.0 Å². The SMILES string of the molecule is O=C(O)c1cc(S(=O)(=O)NC2CCCCC2)ccc1NCCO. The molecule has 1 fully saturated rings. The first-order valence-electron chi connectivity index (χ1n) is 7.68. The Morgan fingerprint density at radius 1 is 1.22 bits per heavy atom. The van der Waals surface area contributed by atoms with E-state index in [2.05, 4.69) is 10.0 Å². The molecule has 0 amide bonds. The summed E-state index contributed by atoms with van der Waals surface area (Å²) in [6.07, 6.45) is 4.73. The molecule has 0 bridgehead atoms. The molecule has 0 unspecified atom stereocenters. The van der Waals surface area contributed by atoms with Crippen molar-refractivity contribution in [2.24, 2.45) is 0 Å². The van der Waals surface area contributed by atoms with Crippen LogP contribution >= 0.6 is 0 Å². The van der Waals surface area contributed by atoms with Gasteiger partial charge in [-0.1, -0.05) is 19.3 Å². The number of benzene rings is 1. The standard InChI is InChI=1S/C15H22N2O5S/c18-9-8-16-14-7-6-12(10-13(14)15(19)20)23(21,22)17-11-4-2-1-3-5-11/h6-7,10-11,16-18H,1-5,8-9H2,(H,19,20). The molecule has 1 aromatic carbocycles. The van der Waals surface area contributed by atoms with E-state index in [9.17, 15) is 18.3 Å². The summed E-state index contributed by atoms with van der Waals surface area (Å²) in [5.74, 6) is -1.22. The molecule has 0 heterocycles. The molecule has 1 aliphatic carbocycles. The summed E-state index contributed by atoms with van der Waals surface area (Å²) in [5, 5.41) is 20.8. The average Bonchev–Trinajstić information content (AvgIpc) is 2.53. The first-order valence-corrected chi connectivity index (χ1v) is 9.17. The minimum Gasteiger partial charge on any atom is -0.478 e. The summed E-state index contributed by atoms with van der Waals surface area (Å²) in [5.41, 5.74) is 0.146. The van der Waals surface area contributed by atoms with Gasteiger partial charge in [0.15, 0.2) is 0 Å². The lowest BCUT2D eigenvalue weighted by molar-refractivity contribution is 0.0697. The third-order valence-electron chi connectivity index (χ3n) is 3.89. The van der Waals surface area contributed by atoms with Crippen LogP contribution in [-0.4, -0.2) is 43.8 Å². The second-order valence-electron chi connectivity index (χ2n) is 5.62. The van der Waals surface area contributed by atoms with Gasteiger partial charge in [-0.3, -0.25) is 0 Å². The molecule has 4 N–H and O–H groups in total. The molecule has 128 valence electrons. The van der Waals surface area contributed by atoms with Crippen LogP contribution in [0.3, 0.4) is 0 Å². The molecule has 0 spiro atoms. The number of carboxylic acids is 1. The van der Waals surface area contributed by atoms with Gasteiger partial charge >= 0.3 is 5.97 Å². The maximum Gasteiger partial charge on any atom is 0.337 e. The lowest BCUT2D eigenvalue weighted by atomic mass is 9.96. The Balaban J connectivity index is 2.23. The van der Waals surface area contributed by atoms with E-state index in [1.54, 1.807) is 0 Å². The monoisotopic (exact) mass is 342 g/mol. The van der Waals surface area contributed by atoms with Gasteiger partial charge in [-0.25, -0.2) is 17.9 Å². The molecule has 0 radical (unpaired) electrons. The molecule has 0 atom stereocenters. The lowest BCUT2D eigenvalue weighted by Gasteiger charge is -2.22. The number of sulfonamides is 1. The van der Waals surface area contributed by atoms with Crippen molar-refractivity contribution in [2.45, 2.75) is 43.0 Å². The van der Waals surface area contributed by atoms with Gasteiger partial charge in [0.25, 0.3) is 0 Å². The summed E-state index contributed by atoms with van der Waals surface area (Å²) < 4.78 is 27.5. The summed E-state index contributed by atoms with van der Waals surface area (Å²) >= 11 is 0. The van der Waals surface area contributed by atoms with Crippen molar-refractivity contribution in [2.75, 3.05) is 18.5 Å². The lowest BCUT2D eigenvalue weighted by Crippen LogP contribution is -2.36. The summed E-state index contributed by atoms with van der Waals surface area (Å²) in [6, 6.07) is 3.84. The molecule has 0 saturated heterocycles. The normalized spacial score (nSPS) is 16.2. The predicted molar refractivity (Wildman–Crippen MR) is 86.2 cm³/mol. The zero-order valence-corrected chi connectivity index (χ0v) is 13.6. The second kappa shape index (κ2) is 7.76. The number of nitrogens with one attached hydrogen (secondary N) is 2. The quantitative estimate of drug-likeness (QED) is 0.595. The maximum absolute atomic E-state index is 12.4. The van der Waals surface area contributed by atoms with Crippen LogP contribution in [-0.2, 0) is 10.0 Å². The van der Waals surface area contributed by atoms with Crippen LogP contribution in [0.5, 0.6) is 0 Å². The van der Waals surface area contributed by atoms with Gasteiger partial charge in [0.1, 0.15) is 0 Å². The number of anilines is 1. The maximum atomic E-state index is 12.4. The molecule has 1 saturated carbocycles. The van der Waals surface area contributed by atoms with E-state index in [-0.39, 0.29) is 35.3 Å². The third kappa shape index (κ3) is 4.66. The van der Waals surface area contributed by atoms with Crippen molar-refractivity contribution in [1.29, 1.82) is 0 Å². The smallest absolute Gasteiger partial charge is 0.337 e. The molecular weight excluding hydrogens is 320 g/mol. The Labute approximate surface area is 135 Å². The third-order valence-corrected chi connectivity index (χ3v) is 5.40. The van der Waals surface area contributed by atoms with Gasteiger partial charge in [0.05, 0.1) is 17.1 Å². The second-order valence-corrected chi connectivity index (χ2v) is 7.33. The highest BCUT2D eigenvalue weighted by Gasteiger charge is 2.23. The van der Waals surface area contributed by atoms with E-state index in [0.717, 1.165) is 38.2 Å². The van der Waals surface area contributed by atoms with Crippen molar-refractivity contribution >= 4 is 21.7 Å². The Bertz CT molecular complexity index is 654. The molecule has 1 aliphatic rings. The predicted octanol–water partition coefficient (Wildman–Crippen LogP) is 1.40. The number of rotatable bonds is 7.